The van der Waals surface area contributed by atoms with Gasteiger partial charge in [-0.25, -0.2) is 4.98 Å². The first-order valence-electron chi connectivity index (χ1n) is 5.76. The molecule has 0 saturated heterocycles. The maximum absolute atomic E-state index is 9.35. The van der Waals surface area contributed by atoms with Crippen LogP contribution in [0.25, 0.3) is 11.0 Å². The van der Waals surface area contributed by atoms with Gasteiger partial charge in [0, 0.05) is 24.3 Å². The molecule has 4 nitrogen and oxygen atoms in total. The van der Waals surface area contributed by atoms with Crippen molar-refractivity contribution < 1.29 is 5.11 Å². The molecule has 0 radical (unpaired) electrons. The van der Waals surface area contributed by atoms with E-state index in [0.717, 1.165) is 29.1 Å². The number of nitrogens with zero attached hydrogens (tertiary/aromatic N) is 2. The molecule has 0 saturated carbocycles. The minimum absolute atomic E-state index is 0.153. The summed E-state index contributed by atoms with van der Waals surface area (Å²) in [7, 11) is 0. The third kappa shape index (κ3) is 2.26. The van der Waals surface area contributed by atoms with Crippen LogP contribution in [0.1, 0.15) is 19.7 Å². The van der Waals surface area contributed by atoms with Gasteiger partial charge < -0.3 is 15.4 Å². The number of rotatable bonds is 3. The van der Waals surface area contributed by atoms with E-state index in [9.17, 15) is 5.11 Å². The molecule has 0 atom stereocenters. The molecule has 0 unspecified atom stereocenters. The number of nitrogen functional groups attached to an aromatic ring is 1. The average molecular weight is 233 g/mol. The van der Waals surface area contributed by atoms with Crippen molar-refractivity contribution in [3.8, 4) is 0 Å². The highest BCUT2D eigenvalue weighted by Crippen LogP contribution is 2.24. The van der Waals surface area contributed by atoms with Gasteiger partial charge in [0.15, 0.2) is 0 Å². The molecule has 0 bridgehead atoms. The van der Waals surface area contributed by atoms with Gasteiger partial charge in [-0.2, -0.15) is 0 Å². The van der Waals surface area contributed by atoms with Crippen molar-refractivity contribution in [3.05, 3.63) is 24.0 Å². The quantitative estimate of drug-likeness (QED) is 0.796. The molecule has 1 aromatic heterocycles. The predicted octanol–water partition coefficient (Wildman–Crippen LogP) is 1.95. The Balaban J connectivity index is 2.50. The third-order valence-electron chi connectivity index (χ3n) is 2.98. The molecule has 0 amide bonds. The maximum atomic E-state index is 9.35. The van der Waals surface area contributed by atoms with Crippen LogP contribution in [0, 0.1) is 12.3 Å². The summed E-state index contributed by atoms with van der Waals surface area (Å²) in [6, 6.07) is 5.74. The second kappa shape index (κ2) is 4.04. The zero-order chi connectivity index (χ0) is 12.6. The molecule has 0 aliphatic heterocycles. The summed E-state index contributed by atoms with van der Waals surface area (Å²) in [6.07, 6.45) is 0. The Morgan fingerprint density at radius 2 is 2.12 bits per heavy atom. The van der Waals surface area contributed by atoms with E-state index in [1.165, 1.54) is 0 Å². The fourth-order valence-corrected chi connectivity index (χ4v) is 1.94. The Morgan fingerprint density at radius 1 is 1.41 bits per heavy atom. The fourth-order valence-electron chi connectivity index (χ4n) is 1.94. The van der Waals surface area contributed by atoms with Crippen molar-refractivity contribution in [2.24, 2.45) is 5.41 Å². The van der Waals surface area contributed by atoms with Crippen LogP contribution >= 0.6 is 0 Å². The van der Waals surface area contributed by atoms with E-state index in [-0.39, 0.29) is 12.0 Å². The van der Waals surface area contributed by atoms with Crippen LogP contribution in [0.3, 0.4) is 0 Å². The maximum Gasteiger partial charge on any atom is 0.106 e. The molecule has 3 N–H and O–H groups in total. The lowest BCUT2D eigenvalue weighted by Gasteiger charge is -2.23. The summed E-state index contributed by atoms with van der Waals surface area (Å²) in [5.74, 6) is 0.951. The first-order valence-corrected chi connectivity index (χ1v) is 5.76. The van der Waals surface area contributed by atoms with Crippen LogP contribution in [0.15, 0.2) is 18.2 Å². The van der Waals surface area contributed by atoms with Gasteiger partial charge in [0.1, 0.15) is 5.82 Å². The Morgan fingerprint density at radius 3 is 2.76 bits per heavy atom. The number of aliphatic hydroxyl groups is 1. The molecule has 0 fully saturated rings. The lowest BCUT2D eigenvalue weighted by Crippen LogP contribution is -2.24. The smallest absolute Gasteiger partial charge is 0.106 e. The van der Waals surface area contributed by atoms with Crippen LogP contribution in [-0.4, -0.2) is 21.3 Å². The molecular formula is C13H19N3O. The van der Waals surface area contributed by atoms with Crippen molar-refractivity contribution in [2.75, 3.05) is 12.3 Å². The van der Waals surface area contributed by atoms with Crippen molar-refractivity contribution >= 4 is 16.7 Å². The predicted molar refractivity (Wildman–Crippen MR) is 69.7 cm³/mol. The molecular weight excluding hydrogens is 214 g/mol. The van der Waals surface area contributed by atoms with E-state index >= 15 is 0 Å². The summed E-state index contributed by atoms with van der Waals surface area (Å²) in [5.41, 5.74) is 8.30. The summed E-state index contributed by atoms with van der Waals surface area (Å²) in [4.78, 5) is 4.49. The van der Waals surface area contributed by atoms with Crippen LogP contribution in [0.4, 0.5) is 5.69 Å². The van der Waals surface area contributed by atoms with E-state index in [0.29, 0.717) is 0 Å². The number of anilines is 1. The van der Waals surface area contributed by atoms with Crippen molar-refractivity contribution in [1.29, 1.82) is 0 Å². The molecule has 4 heteroatoms. The second-order valence-corrected chi connectivity index (χ2v) is 5.32. The summed E-state index contributed by atoms with van der Waals surface area (Å²) >= 11 is 0. The number of aryl methyl sites for hydroxylation is 1. The minimum Gasteiger partial charge on any atom is -0.399 e. The zero-order valence-electron chi connectivity index (χ0n) is 10.6. The largest absolute Gasteiger partial charge is 0.399 e. The molecule has 1 aromatic carbocycles. The van der Waals surface area contributed by atoms with E-state index < -0.39 is 0 Å². The summed E-state index contributed by atoms with van der Waals surface area (Å²) in [5, 5.41) is 9.35. The highest BCUT2D eigenvalue weighted by atomic mass is 16.3. The number of nitrogens with two attached hydrogens (primary N) is 1. The standard InChI is InChI=1S/C13H19N3O/c1-9-15-11-6-10(14)4-5-12(11)16(9)7-13(2,3)8-17/h4-6,17H,7-8,14H2,1-3H3. The van der Waals surface area contributed by atoms with Gasteiger partial charge in [-0.15, -0.1) is 0 Å². The monoisotopic (exact) mass is 233 g/mol. The van der Waals surface area contributed by atoms with Gasteiger partial charge in [0.05, 0.1) is 11.0 Å². The van der Waals surface area contributed by atoms with Crippen LogP contribution in [-0.2, 0) is 6.54 Å². The van der Waals surface area contributed by atoms with Crippen molar-refractivity contribution in [1.82, 2.24) is 9.55 Å². The van der Waals surface area contributed by atoms with Gasteiger partial charge in [-0.3, -0.25) is 0 Å². The number of benzene rings is 1. The lowest BCUT2D eigenvalue weighted by molar-refractivity contribution is 0.141. The highest BCUT2D eigenvalue weighted by molar-refractivity contribution is 5.79. The number of imidazole rings is 1. The number of hydrogen-bond donors (Lipinski definition) is 2. The van der Waals surface area contributed by atoms with E-state index in [1.54, 1.807) is 0 Å². The van der Waals surface area contributed by atoms with Crippen molar-refractivity contribution in [2.45, 2.75) is 27.3 Å². The molecule has 2 aromatic rings. The highest BCUT2D eigenvalue weighted by Gasteiger charge is 2.20. The molecule has 0 aliphatic rings. The van der Waals surface area contributed by atoms with Gasteiger partial charge in [-0.1, -0.05) is 13.8 Å². The average Bonchev–Trinajstić information content (AvgIpc) is 2.54. The van der Waals surface area contributed by atoms with E-state index in [2.05, 4.69) is 9.55 Å². The number of aliphatic hydroxyl groups excluding tert-OH is 1. The Labute approximate surface area is 101 Å². The van der Waals surface area contributed by atoms with Gasteiger partial charge >= 0.3 is 0 Å². The minimum atomic E-state index is -0.153. The topological polar surface area (TPSA) is 64.1 Å². The molecule has 2 rings (SSSR count). The Kier molecular flexibility index (Phi) is 2.83. The summed E-state index contributed by atoms with van der Waals surface area (Å²) < 4.78 is 2.13. The number of hydrogen-bond acceptors (Lipinski definition) is 3. The second-order valence-electron chi connectivity index (χ2n) is 5.32. The first-order chi connectivity index (χ1) is 7.93. The van der Waals surface area contributed by atoms with E-state index in [4.69, 9.17) is 5.73 Å². The lowest BCUT2D eigenvalue weighted by atomic mass is 9.95. The Hall–Kier alpha value is -1.55. The zero-order valence-corrected chi connectivity index (χ0v) is 10.6. The number of aromatic nitrogens is 2. The number of fused-ring (bicyclic) bond motifs is 1. The molecule has 0 spiro atoms. The summed E-state index contributed by atoms with van der Waals surface area (Å²) in [6.45, 7) is 6.95. The van der Waals surface area contributed by atoms with E-state index in [1.807, 2.05) is 39.0 Å². The normalized spacial score (nSPS) is 12.2. The van der Waals surface area contributed by atoms with Gasteiger partial charge in [0.2, 0.25) is 0 Å². The fraction of sp³-hybridized carbons (Fsp3) is 0.462. The SMILES string of the molecule is Cc1nc2cc(N)ccc2n1CC(C)(C)CO. The van der Waals surface area contributed by atoms with Crippen LogP contribution in [0.5, 0.6) is 0 Å². The van der Waals surface area contributed by atoms with Crippen LogP contribution < -0.4 is 5.73 Å². The molecule has 17 heavy (non-hydrogen) atoms. The van der Waals surface area contributed by atoms with Gasteiger partial charge in [-0.05, 0) is 25.1 Å². The van der Waals surface area contributed by atoms with Gasteiger partial charge in [0.25, 0.3) is 0 Å². The third-order valence-corrected chi connectivity index (χ3v) is 2.98. The molecule has 0 aliphatic carbocycles. The first kappa shape index (κ1) is 11.9. The van der Waals surface area contributed by atoms with Crippen molar-refractivity contribution in [3.63, 3.8) is 0 Å². The Bertz CT molecular complexity index is 543. The molecule has 92 valence electrons. The molecule has 1 heterocycles. The van der Waals surface area contributed by atoms with Crippen LogP contribution in [0.2, 0.25) is 0 Å².